The molecule has 0 amide bonds. The van der Waals surface area contributed by atoms with Gasteiger partial charge in [0.1, 0.15) is 18.2 Å². The minimum Gasteiger partial charge on any atom is -0.492 e. The first-order valence-electron chi connectivity index (χ1n) is 9.73. The molecule has 27 heavy (non-hydrogen) atoms. The van der Waals surface area contributed by atoms with Gasteiger partial charge in [-0.3, -0.25) is 0 Å². The van der Waals surface area contributed by atoms with Crippen LogP contribution in [0.3, 0.4) is 0 Å². The van der Waals surface area contributed by atoms with Crippen LogP contribution in [-0.4, -0.2) is 48.7 Å². The first kappa shape index (κ1) is 21.0. The third-order valence-electron chi connectivity index (χ3n) is 4.42. The monoisotopic (exact) mass is 371 g/mol. The third kappa shape index (κ3) is 7.06. The molecule has 0 aliphatic heterocycles. The molecular formula is C21H33N5O. The smallest absolute Gasteiger partial charge is 0.224 e. The van der Waals surface area contributed by atoms with Crippen LogP contribution in [0.2, 0.25) is 0 Å². The van der Waals surface area contributed by atoms with Gasteiger partial charge in [0.15, 0.2) is 0 Å². The molecule has 0 spiro atoms. The second kappa shape index (κ2) is 10.7. The van der Waals surface area contributed by atoms with E-state index in [4.69, 9.17) is 10.5 Å². The Morgan fingerprint density at radius 3 is 2.48 bits per heavy atom. The summed E-state index contributed by atoms with van der Waals surface area (Å²) >= 11 is 0. The van der Waals surface area contributed by atoms with Crippen molar-refractivity contribution in [2.24, 2.45) is 0 Å². The second-order valence-electron chi connectivity index (χ2n) is 7.10. The molecule has 1 aromatic heterocycles. The summed E-state index contributed by atoms with van der Waals surface area (Å²) in [4.78, 5) is 11.1. The quantitative estimate of drug-likeness (QED) is 0.589. The molecule has 0 saturated carbocycles. The number of hydrogen-bond acceptors (Lipinski definition) is 6. The van der Waals surface area contributed by atoms with E-state index >= 15 is 0 Å². The molecule has 0 saturated heterocycles. The number of ether oxygens (including phenoxy) is 1. The SMILES string of the molecule is CCCCCNc1nc(C)c(Cc2ccc(OCCN(C)C)cc2)c(N)n1. The van der Waals surface area contributed by atoms with Crippen molar-refractivity contribution in [2.75, 3.05) is 44.8 Å². The molecule has 2 aromatic rings. The Balaban J connectivity index is 1.96. The van der Waals surface area contributed by atoms with Gasteiger partial charge in [-0.1, -0.05) is 31.9 Å². The van der Waals surface area contributed by atoms with E-state index in [1.54, 1.807) is 0 Å². The summed E-state index contributed by atoms with van der Waals surface area (Å²) in [6.07, 6.45) is 4.23. The van der Waals surface area contributed by atoms with Crippen LogP contribution in [0, 0.1) is 6.92 Å². The normalized spacial score (nSPS) is 11.0. The number of benzene rings is 1. The Bertz CT molecular complexity index is 677. The number of aryl methyl sites for hydroxylation is 1. The van der Waals surface area contributed by atoms with Crippen molar-refractivity contribution in [1.29, 1.82) is 0 Å². The standard InChI is InChI=1S/C21H33N5O/c1-5-6-7-12-23-21-24-16(2)19(20(22)25-21)15-17-8-10-18(11-9-17)27-14-13-26(3)4/h8-11H,5-7,12-15H2,1-4H3,(H3,22,23,24,25). The van der Waals surface area contributed by atoms with Crippen LogP contribution in [0.15, 0.2) is 24.3 Å². The first-order valence-corrected chi connectivity index (χ1v) is 9.73. The van der Waals surface area contributed by atoms with Crippen molar-refractivity contribution in [1.82, 2.24) is 14.9 Å². The van der Waals surface area contributed by atoms with Crippen molar-refractivity contribution in [2.45, 2.75) is 39.5 Å². The molecule has 148 valence electrons. The average molecular weight is 372 g/mol. The van der Waals surface area contributed by atoms with Crippen molar-refractivity contribution in [3.63, 3.8) is 0 Å². The van der Waals surface area contributed by atoms with Gasteiger partial charge in [0.05, 0.1) is 0 Å². The van der Waals surface area contributed by atoms with Crippen molar-refractivity contribution in [3.8, 4) is 5.75 Å². The van der Waals surface area contributed by atoms with Gasteiger partial charge in [0, 0.05) is 30.8 Å². The number of likely N-dealkylation sites (N-methyl/N-ethyl adjacent to an activating group) is 1. The van der Waals surface area contributed by atoms with Gasteiger partial charge in [0.25, 0.3) is 0 Å². The maximum absolute atomic E-state index is 6.20. The lowest BCUT2D eigenvalue weighted by Gasteiger charge is -2.13. The molecule has 3 N–H and O–H groups in total. The number of hydrogen-bond donors (Lipinski definition) is 2. The summed E-state index contributed by atoms with van der Waals surface area (Å²) in [6, 6.07) is 8.14. The van der Waals surface area contributed by atoms with E-state index < -0.39 is 0 Å². The van der Waals surface area contributed by atoms with Crippen LogP contribution < -0.4 is 15.8 Å². The minimum atomic E-state index is 0.548. The van der Waals surface area contributed by atoms with Crippen LogP contribution in [-0.2, 0) is 6.42 Å². The van der Waals surface area contributed by atoms with Gasteiger partial charge in [0.2, 0.25) is 5.95 Å². The first-order chi connectivity index (χ1) is 13.0. The van der Waals surface area contributed by atoms with E-state index in [-0.39, 0.29) is 0 Å². The lowest BCUT2D eigenvalue weighted by Crippen LogP contribution is -2.19. The summed E-state index contributed by atoms with van der Waals surface area (Å²) < 4.78 is 5.74. The van der Waals surface area contributed by atoms with Crippen LogP contribution in [0.25, 0.3) is 0 Å². The molecule has 0 bridgehead atoms. The van der Waals surface area contributed by atoms with E-state index in [9.17, 15) is 0 Å². The fraction of sp³-hybridized carbons (Fsp3) is 0.524. The number of anilines is 2. The Hall–Kier alpha value is -2.34. The summed E-state index contributed by atoms with van der Waals surface area (Å²) in [6.45, 7) is 6.63. The lowest BCUT2D eigenvalue weighted by atomic mass is 10.0. The van der Waals surface area contributed by atoms with Gasteiger partial charge >= 0.3 is 0 Å². The zero-order chi connectivity index (χ0) is 19.6. The van der Waals surface area contributed by atoms with Crippen LogP contribution in [0.5, 0.6) is 5.75 Å². The molecule has 0 aliphatic rings. The maximum Gasteiger partial charge on any atom is 0.224 e. The van der Waals surface area contributed by atoms with Crippen molar-refractivity contribution in [3.05, 3.63) is 41.1 Å². The Morgan fingerprint density at radius 1 is 1.11 bits per heavy atom. The highest BCUT2D eigenvalue weighted by atomic mass is 16.5. The number of unbranched alkanes of at least 4 members (excludes halogenated alkanes) is 2. The Kier molecular flexibility index (Phi) is 8.33. The average Bonchev–Trinajstić information content (AvgIpc) is 2.63. The van der Waals surface area contributed by atoms with Gasteiger partial charge in [-0.25, -0.2) is 4.98 Å². The zero-order valence-electron chi connectivity index (χ0n) is 17.1. The van der Waals surface area contributed by atoms with Crippen LogP contribution >= 0.6 is 0 Å². The van der Waals surface area contributed by atoms with Gasteiger partial charge in [-0.05, 0) is 45.1 Å². The van der Waals surface area contributed by atoms with Gasteiger partial charge in [-0.2, -0.15) is 4.98 Å². The minimum absolute atomic E-state index is 0.548. The molecule has 6 nitrogen and oxygen atoms in total. The number of nitrogen functional groups attached to an aromatic ring is 1. The molecule has 1 aromatic carbocycles. The van der Waals surface area contributed by atoms with E-state index in [1.165, 1.54) is 12.8 Å². The number of nitrogens with one attached hydrogen (secondary N) is 1. The highest BCUT2D eigenvalue weighted by molar-refractivity contribution is 5.49. The summed E-state index contributed by atoms with van der Waals surface area (Å²) in [7, 11) is 4.07. The largest absolute Gasteiger partial charge is 0.492 e. The predicted octanol–water partition coefficient (Wildman–Crippen LogP) is 3.50. The summed E-state index contributed by atoms with van der Waals surface area (Å²) in [5.41, 5.74) is 9.27. The van der Waals surface area contributed by atoms with Gasteiger partial charge < -0.3 is 20.7 Å². The fourth-order valence-electron chi connectivity index (χ4n) is 2.74. The molecule has 0 aliphatic carbocycles. The molecule has 0 unspecified atom stereocenters. The Morgan fingerprint density at radius 2 is 1.85 bits per heavy atom. The van der Waals surface area contributed by atoms with E-state index in [2.05, 4.69) is 39.2 Å². The molecule has 0 fully saturated rings. The topological polar surface area (TPSA) is 76.3 Å². The zero-order valence-corrected chi connectivity index (χ0v) is 17.1. The van der Waals surface area contributed by atoms with Crippen LogP contribution in [0.1, 0.15) is 43.0 Å². The molecule has 0 atom stereocenters. The van der Waals surface area contributed by atoms with Crippen molar-refractivity contribution < 1.29 is 4.74 Å². The van der Waals surface area contributed by atoms with E-state index in [0.29, 0.717) is 24.8 Å². The molecular weight excluding hydrogens is 338 g/mol. The summed E-state index contributed by atoms with van der Waals surface area (Å²) in [5.74, 6) is 2.05. The van der Waals surface area contributed by atoms with Crippen molar-refractivity contribution >= 4 is 11.8 Å². The lowest BCUT2D eigenvalue weighted by molar-refractivity contribution is 0.261. The number of rotatable bonds is 11. The maximum atomic E-state index is 6.20. The second-order valence-corrected chi connectivity index (χ2v) is 7.10. The predicted molar refractivity (Wildman–Crippen MR) is 112 cm³/mol. The highest BCUT2D eigenvalue weighted by Crippen LogP contribution is 2.21. The summed E-state index contributed by atoms with van der Waals surface area (Å²) in [5, 5.41) is 3.26. The number of nitrogens with zero attached hydrogens (tertiary/aromatic N) is 3. The van der Waals surface area contributed by atoms with E-state index in [0.717, 1.165) is 42.1 Å². The van der Waals surface area contributed by atoms with Crippen LogP contribution in [0.4, 0.5) is 11.8 Å². The third-order valence-corrected chi connectivity index (χ3v) is 4.42. The number of nitrogens with two attached hydrogens (primary N) is 1. The van der Waals surface area contributed by atoms with Gasteiger partial charge in [-0.15, -0.1) is 0 Å². The molecule has 6 heteroatoms. The molecule has 0 radical (unpaired) electrons. The molecule has 1 heterocycles. The fourth-order valence-corrected chi connectivity index (χ4v) is 2.74. The highest BCUT2D eigenvalue weighted by Gasteiger charge is 2.10. The van der Waals surface area contributed by atoms with E-state index in [1.807, 2.05) is 33.2 Å². The Labute approximate surface area is 163 Å². The number of aromatic nitrogens is 2. The molecule has 2 rings (SSSR count).